The maximum Gasteiger partial charge on any atom is 0.141 e. The van der Waals surface area contributed by atoms with E-state index in [1.54, 1.807) is 0 Å². The zero-order valence-electron chi connectivity index (χ0n) is 8.18. The Hall–Kier alpha value is -1.36. The van der Waals surface area contributed by atoms with Crippen LogP contribution in [0.2, 0.25) is 0 Å². The summed E-state index contributed by atoms with van der Waals surface area (Å²) in [6.45, 7) is 0. The average Bonchev–Trinajstić information content (AvgIpc) is 2.33. The second-order valence-corrected chi connectivity index (χ2v) is 4.40. The van der Waals surface area contributed by atoms with Crippen molar-refractivity contribution in [2.45, 2.75) is 0 Å². The summed E-state index contributed by atoms with van der Waals surface area (Å²) < 4.78 is 0. The first kappa shape index (κ1) is 9.84. The third kappa shape index (κ3) is 1.15. The van der Waals surface area contributed by atoms with Crippen LogP contribution in [0.15, 0.2) is 36.4 Å². The third-order valence-corrected chi connectivity index (χ3v) is 3.54. The Morgan fingerprint density at radius 2 is 1.38 bits per heavy atom. The smallest absolute Gasteiger partial charge is 0.141 e. The highest BCUT2D eigenvalue weighted by molar-refractivity contribution is 7.82. The van der Waals surface area contributed by atoms with Gasteiger partial charge in [-0.05, 0) is 5.39 Å². The summed E-state index contributed by atoms with van der Waals surface area (Å²) in [6.07, 6.45) is 0. The van der Waals surface area contributed by atoms with Gasteiger partial charge < -0.3 is 0 Å². The second-order valence-electron chi connectivity index (χ2n) is 3.63. The molecule has 1 aliphatic rings. The SMILES string of the molecule is ON1C(=S)c2cccc3cccc(c23)C1=S. The van der Waals surface area contributed by atoms with Crippen LogP contribution < -0.4 is 0 Å². The van der Waals surface area contributed by atoms with Crippen LogP contribution in [0.5, 0.6) is 0 Å². The van der Waals surface area contributed by atoms with Gasteiger partial charge in [-0.15, -0.1) is 0 Å². The Labute approximate surface area is 103 Å². The van der Waals surface area contributed by atoms with E-state index < -0.39 is 0 Å². The topological polar surface area (TPSA) is 23.5 Å². The Morgan fingerprint density at radius 1 is 0.875 bits per heavy atom. The van der Waals surface area contributed by atoms with Gasteiger partial charge in [-0.3, -0.25) is 5.21 Å². The fourth-order valence-electron chi connectivity index (χ4n) is 2.02. The van der Waals surface area contributed by atoms with Gasteiger partial charge in [0.05, 0.1) is 0 Å². The standard InChI is InChI=1S/C12H7NOS2/c14-13-11(15)8-5-1-3-7-4-2-6-9(10(7)8)12(13)16/h1-6,14H. The largest absolute Gasteiger partial charge is 0.282 e. The zero-order valence-corrected chi connectivity index (χ0v) is 9.81. The molecule has 2 aromatic rings. The monoisotopic (exact) mass is 245 g/mol. The van der Waals surface area contributed by atoms with Gasteiger partial charge in [-0.2, -0.15) is 0 Å². The predicted molar refractivity (Wildman–Crippen MR) is 71.0 cm³/mol. The summed E-state index contributed by atoms with van der Waals surface area (Å²) in [6, 6.07) is 11.7. The number of hydrogen-bond donors (Lipinski definition) is 1. The van der Waals surface area contributed by atoms with Crippen molar-refractivity contribution in [1.82, 2.24) is 5.06 Å². The van der Waals surface area contributed by atoms with Crippen molar-refractivity contribution in [3.8, 4) is 0 Å². The van der Waals surface area contributed by atoms with Crippen LogP contribution in [0.3, 0.4) is 0 Å². The van der Waals surface area contributed by atoms with E-state index in [9.17, 15) is 5.21 Å². The van der Waals surface area contributed by atoms with Gasteiger partial charge in [0, 0.05) is 16.5 Å². The Balaban J connectivity index is 2.52. The van der Waals surface area contributed by atoms with E-state index in [0.717, 1.165) is 27.0 Å². The molecule has 1 aliphatic heterocycles. The molecular weight excluding hydrogens is 238 g/mol. The maximum atomic E-state index is 9.80. The van der Waals surface area contributed by atoms with Crippen molar-refractivity contribution >= 4 is 45.2 Å². The summed E-state index contributed by atoms with van der Waals surface area (Å²) in [5.41, 5.74) is 1.72. The van der Waals surface area contributed by atoms with Gasteiger partial charge in [0.1, 0.15) is 9.98 Å². The number of nitrogens with zero attached hydrogens (tertiary/aromatic N) is 1. The van der Waals surface area contributed by atoms with Crippen LogP contribution in [-0.2, 0) is 0 Å². The minimum absolute atomic E-state index is 0.370. The first-order valence-corrected chi connectivity index (χ1v) is 5.61. The van der Waals surface area contributed by atoms with Crippen molar-refractivity contribution < 1.29 is 5.21 Å². The minimum Gasteiger partial charge on any atom is -0.282 e. The Morgan fingerprint density at radius 3 is 1.88 bits per heavy atom. The lowest BCUT2D eigenvalue weighted by atomic mass is 9.96. The van der Waals surface area contributed by atoms with E-state index in [4.69, 9.17) is 24.4 Å². The molecule has 2 nitrogen and oxygen atoms in total. The van der Waals surface area contributed by atoms with E-state index in [2.05, 4.69) is 0 Å². The summed E-state index contributed by atoms with van der Waals surface area (Å²) in [5.74, 6) is 0. The quantitative estimate of drug-likeness (QED) is 0.721. The number of thiocarbonyl (C=S) groups is 2. The number of rotatable bonds is 0. The summed E-state index contributed by atoms with van der Waals surface area (Å²) in [4.78, 5) is 0.739. The highest BCUT2D eigenvalue weighted by atomic mass is 32.1. The first-order chi connectivity index (χ1) is 7.70. The molecule has 0 spiro atoms. The van der Waals surface area contributed by atoms with Crippen LogP contribution in [0.25, 0.3) is 10.8 Å². The molecule has 0 unspecified atom stereocenters. The molecule has 0 saturated heterocycles. The van der Waals surface area contributed by atoms with Crippen LogP contribution >= 0.6 is 24.4 Å². The molecule has 0 fully saturated rings. The summed E-state index contributed by atoms with van der Waals surface area (Å²) >= 11 is 10.4. The highest BCUT2D eigenvalue weighted by Gasteiger charge is 2.25. The van der Waals surface area contributed by atoms with E-state index in [0.29, 0.717) is 9.98 Å². The van der Waals surface area contributed by atoms with Gasteiger partial charge in [0.2, 0.25) is 0 Å². The normalized spacial score (nSPS) is 14.7. The summed E-state index contributed by atoms with van der Waals surface area (Å²) in [7, 11) is 0. The van der Waals surface area contributed by atoms with Crippen molar-refractivity contribution in [2.24, 2.45) is 0 Å². The van der Waals surface area contributed by atoms with Gasteiger partial charge in [0.15, 0.2) is 0 Å². The van der Waals surface area contributed by atoms with Gasteiger partial charge in [-0.25, -0.2) is 5.06 Å². The first-order valence-electron chi connectivity index (χ1n) is 4.79. The molecule has 0 aromatic heterocycles. The molecule has 3 rings (SSSR count). The van der Waals surface area contributed by atoms with Gasteiger partial charge in [-0.1, -0.05) is 60.8 Å². The van der Waals surface area contributed by atoms with Crippen LogP contribution in [0, 0.1) is 0 Å². The second kappa shape index (κ2) is 3.31. The molecular formula is C12H7NOS2. The van der Waals surface area contributed by atoms with Crippen molar-refractivity contribution in [3.63, 3.8) is 0 Å². The van der Waals surface area contributed by atoms with Crippen molar-refractivity contribution in [3.05, 3.63) is 47.5 Å². The molecule has 0 aliphatic carbocycles. The number of benzene rings is 2. The van der Waals surface area contributed by atoms with Crippen molar-refractivity contribution in [1.29, 1.82) is 0 Å². The summed E-state index contributed by atoms with van der Waals surface area (Å²) in [5, 5.41) is 12.8. The van der Waals surface area contributed by atoms with E-state index in [1.807, 2.05) is 36.4 Å². The maximum absolute atomic E-state index is 9.80. The minimum atomic E-state index is 0.370. The predicted octanol–water partition coefficient (Wildman–Crippen LogP) is 2.90. The molecule has 0 amide bonds. The van der Waals surface area contributed by atoms with Crippen LogP contribution in [0.1, 0.15) is 11.1 Å². The molecule has 16 heavy (non-hydrogen) atoms. The molecule has 1 N–H and O–H groups in total. The molecule has 0 saturated carbocycles. The molecule has 2 aromatic carbocycles. The Kier molecular flexibility index (Phi) is 2.04. The number of hydroxylamine groups is 2. The molecule has 0 radical (unpaired) electrons. The Bertz CT molecular complexity index is 585. The zero-order chi connectivity index (χ0) is 11.3. The van der Waals surface area contributed by atoms with E-state index in [-0.39, 0.29) is 0 Å². The molecule has 0 bridgehead atoms. The van der Waals surface area contributed by atoms with Gasteiger partial charge in [0.25, 0.3) is 0 Å². The fourth-order valence-corrected chi connectivity index (χ4v) is 2.60. The lowest BCUT2D eigenvalue weighted by Crippen LogP contribution is -2.36. The third-order valence-electron chi connectivity index (χ3n) is 2.75. The highest BCUT2D eigenvalue weighted by Crippen LogP contribution is 2.29. The van der Waals surface area contributed by atoms with E-state index in [1.165, 1.54) is 0 Å². The van der Waals surface area contributed by atoms with E-state index >= 15 is 0 Å². The van der Waals surface area contributed by atoms with Crippen molar-refractivity contribution in [2.75, 3.05) is 0 Å². The van der Waals surface area contributed by atoms with Crippen LogP contribution in [0.4, 0.5) is 0 Å². The number of hydrogen-bond acceptors (Lipinski definition) is 3. The molecule has 0 atom stereocenters. The molecule has 78 valence electrons. The lowest BCUT2D eigenvalue weighted by Gasteiger charge is -2.26. The average molecular weight is 245 g/mol. The fraction of sp³-hybridized carbons (Fsp3) is 0. The molecule has 4 heteroatoms. The lowest BCUT2D eigenvalue weighted by molar-refractivity contribution is 0.0705. The van der Waals surface area contributed by atoms with Crippen LogP contribution in [-0.4, -0.2) is 20.2 Å². The molecule has 1 heterocycles. The van der Waals surface area contributed by atoms with Gasteiger partial charge >= 0.3 is 0 Å².